The van der Waals surface area contributed by atoms with E-state index in [9.17, 15) is 9.59 Å². The van der Waals surface area contributed by atoms with Crippen LogP contribution >= 0.6 is 0 Å². The van der Waals surface area contributed by atoms with Crippen LogP contribution in [0.15, 0.2) is 84.9 Å². The molecule has 0 radical (unpaired) electrons. The summed E-state index contributed by atoms with van der Waals surface area (Å²) in [4.78, 5) is 23.9. The molecule has 0 aromatic heterocycles. The van der Waals surface area contributed by atoms with Crippen molar-refractivity contribution in [1.29, 1.82) is 0 Å². The van der Waals surface area contributed by atoms with Gasteiger partial charge < -0.3 is 15.4 Å². The summed E-state index contributed by atoms with van der Waals surface area (Å²) in [6.07, 6.45) is 0.275. The lowest BCUT2D eigenvalue weighted by atomic mass is 10.2. The number of para-hydroxylation sites is 1. The van der Waals surface area contributed by atoms with E-state index in [0.717, 1.165) is 11.3 Å². The van der Waals surface area contributed by atoms with E-state index in [1.165, 1.54) is 0 Å². The number of benzene rings is 3. The highest BCUT2D eigenvalue weighted by Gasteiger charge is 2.07. The zero-order chi connectivity index (χ0) is 19.6. The minimum absolute atomic E-state index is 0.128. The number of carbonyl (C=O) groups is 2. The fourth-order valence-corrected chi connectivity index (χ4v) is 2.57. The van der Waals surface area contributed by atoms with Crippen LogP contribution in [0.3, 0.4) is 0 Å². The average Bonchev–Trinajstić information content (AvgIpc) is 2.74. The van der Waals surface area contributed by atoms with E-state index in [1.54, 1.807) is 24.3 Å². The molecule has 28 heavy (non-hydrogen) atoms. The van der Waals surface area contributed by atoms with Gasteiger partial charge in [-0.05, 0) is 42.0 Å². The van der Waals surface area contributed by atoms with Crippen LogP contribution < -0.4 is 15.4 Å². The van der Waals surface area contributed by atoms with Crippen molar-refractivity contribution in [2.45, 2.75) is 19.4 Å². The summed E-state index contributed by atoms with van der Waals surface area (Å²) >= 11 is 0. The third-order valence-corrected chi connectivity index (χ3v) is 4.03. The Labute approximate surface area is 164 Å². The number of anilines is 1. The van der Waals surface area contributed by atoms with E-state index >= 15 is 0 Å². The first-order chi connectivity index (χ1) is 13.7. The molecule has 0 aliphatic rings. The lowest BCUT2D eigenvalue weighted by Crippen LogP contribution is -2.24. The Morgan fingerprint density at radius 1 is 0.679 bits per heavy atom. The smallest absolute Gasteiger partial charge is 0.224 e. The van der Waals surface area contributed by atoms with Crippen molar-refractivity contribution < 1.29 is 14.3 Å². The first-order valence-electron chi connectivity index (χ1n) is 9.12. The topological polar surface area (TPSA) is 67.4 Å². The molecule has 2 amide bonds. The lowest BCUT2D eigenvalue weighted by Gasteiger charge is -2.08. The molecule has 3 aromatic carbocycles. The number of ether oxygens (including phenoxy) is 1. The molecule has 0 unspecified atom stereocenters. The highest BCUT2D eigenvalue weighted by atomic mass is 16.5. The zero-order valence-electron chi connectivity index (χ0n) is 15.4. The molecule has 0 atom stereocenters. The zero-order valence-corrected chi connectivity index (χ0v) is 15.4. The fraction of sp³-hybridized carbons (Fsp3) is 0.130. The standard InChI is InChI=1S/C23H22N2O3/c26-22(24-17-18-7-3-1-4-8-18)15-16-23(27)25-19-11-13-21(14-12-19)28-20-9-5-2-6-10-20/h1-14H,15-17H2,(H,24,26)(H,25,27). The van der Waals surface area contributed by atoms with Crippen LogP contribution in [0.25, 0.3) is 0 Å². The maximum absolute atomic E-state index is 12.0. The molecule has 0 spiro atoms. The number of rotatable bonds is 8. The van der Waals surface area contributed by atoms with E-state index < -0.39 is 0 Å². The lowest BCUT2D eigenvalue weighted by molar-refractivity contribution is -0.124. The van der Waals surface area contributed by atoms with Gasteiger partial charge in [0.1, 0.15) is 11.5 Å². The van der Waals surface area contributed by atoms with Gasteiger partial charge in [-0.25, -0.2) is 0 Å². The predicted octanol–water partition coefficient (Wildman–Crippen LogP) is 4.51. The van der Waals surface area contributed by atoms with Gasteiger partial charge >= 0.3 is 0 Å². The van der Waals surface area contributed by atoms with Crippen LogP contribution in [0.5, 0.6) is 11.5 Å². The van der Waals surface area contributed by atoms with Gasteiger partial charge in [-0.3, -0.25) is 9.59 Å². The Morgan fingerprint density at radius 3 is 1.93 bits per heavy atom. The predicted molar refractivity (Wildman–Crippen MR) is 109 cm³/mol. The summed E-state index contributed by atoms with van der Waals surface area (Å²) in [7, 11) is 0. The minimum Gasteiger partial charge on any atom is -0.457 e. The van der Waals surface area contributed by atoms with E-state index in [4.69, 9.17) is 4.74 Å². The summed E-state index contributed by atoms with van der Waals surface area (Å²) in [5, 5.41) is 5.60. The molecule has 5 nitrogen and oxygen atoms in total. The summed E-state index contributed by atoms with van der Waals surface area (Å²) < 4.78 is 5.72. The maximum atomic E-state index is 12.0. The molecular formula is C23H22N2O3. The van der Waals surface area contributed by atoms with E-state index in [2.05, 4.69) is 10.6 Å². The van der Waals surface area contributed by atoms with E-state index in [0.29, 0.717) is 18.0 Å². The molecule has 142 valence electrons. The van der Waals surface area contributed by atoms with Gasteiger partial charge in [0, 0.05) is 25.1 Å². The number of amides is 2. The molecule has 5 heteroatoms. The quantitative estimate of drug-likeness (QED) is 0.609. The van der Waals surface area contributed by atoms with Gasteiger partial charge in [0.15, 0.2) is 0 Å². The summed E-state index contributed by atoms with van der Waals surface area (Å²) in [5.41, 5.74) is 1.69. The van der Waals surface area contributed by atoms with Gasteiger partial charge in [-0.15, -0.1) is 0 Å². The third-order valence-electron chi connectivity index (χ3n) is 4.03. The Morgan fingerprint density at radius 2 is 1.25 bits per heavy atom. The van der Waals surface area contributed by atoms with Crippen LogP contribution in [0.4, 0.5) is 5.69 Å². The Bertz CT molecular complexity index is 894. The average molecular weight is 374 g/mol. The monoisotopic (exact) mass is 374 g/mol. The normalized spacial score (nSPS) is 10.1. The molecular weight excluding hydrogens is 352 g/mol. The maximum Gasteiger partial charge on any atom is 0.224 e. The minimum atomic E-state index is -0.202. The van der Waals surface area contributed by atoms with E-state index in [1.807, 2.05) is 60.7 Å². The Hall–Kier alpha value is -3.60. The largest absolute Gasteiger partial charge is 0.457 e. The first kappa shape index (κ1) is 19.2. The highest BCUT2D eigenvalue weighted by molar-refractivity contribution is 5.93. The molecule has 2 N–H and O–H groups in total. The molecule has 0 fully saturated rings. The number of hydrogen-bond donors (Lipinski definition) is 2. The second-order valence-electron chi connectivity index (χ2n) is 6.25. The molecule has 0 saturated heterocycles. The van der Waals surface area contributed by atoms with Crippen molar-refractivity contribution in [3.8, 4) is 11.5 Å². The molecule has 0 aliphatic carbocycles. The van der Waals surface area contributed by atoms with Crippen molar-refractivity contribution in [2.75, 3.05) is 5.32 Å². The molecule has 3 aromatic rings. The number of hydrogen-bond acceptors (Lipinski definition) is 3. The van der Waals surface area contributed by atoms with Crippen LogP contribution in [0, 0.1) is 0 Å². The molecule has 3 rings (SSSR count). The highest BCUT2D eigenvalue weighted by Crippen LogP contribution is 2.22. The van der Waals surface area contributed by atoms with Crippen LogP contribution in [0.2, 0.25) is 0 Å². The number of carbonyl (C=O) groups excluding carboxylic acids is 2. The van der Waals surface area contributed by atoms with E-state index in [-0.39, 0.29) is 24.7 Å². The van der Waals surface area contributed by atoms with Crippen LogP contribution in [0.1, 0.15) is 18.4 Å². The SMILES string of the molecule is O=C(CCC(=O)Nc1ccc(Oc2ccccc2)cc1)NCc1ccccc1. The summed E-state index contributed by atoms with van der Waals surface area (Å²) in [6, 6.07) is 26.2. The second kappa shape index (κ2) is 9.92. The summed E-state index contributed by atoms with van der Waals surface area (Å²) in [6.45, 7) is 0.462. The van der Waals surface area contributed by atoms with Gasteiger partial charge in [0.2, 0.25) is 11.8 Å². The third kappa shape index (κ3) is 6.29. The van der Waals surface area contributed by atoms with Crippen molar-refractivity contribution in [3.05, 3.63) is 90.5 Å². The van der Waals surface area contributed by atoms with Crippen molar-refractivity contribution in [1.82, 2.24) is 5.32 Å². The fourth-order valence-electron chi connectivity index (χ4n) is 2.57. The van der Waals surface area contributed by atoms with Gasteiger partial charge in [0.25, 0.3) is 0 Å². The molecule has 0 aliphatic heterocycles. The van der Waals surface area contributed by atoms with Crippen molar-refractivity contribution in [3.63, 3.8) is 0 Å². The van der Waals surface area contributed by atoms with Crippen molar-refractivity contribution >= 4 is 17.5 Å². The van der Waals surface area contributed by atoms with Crippen LogP contribution in [-0.4, -0.2) is 11.8 Å². The van der Waals surface area contributed by atoms with Gasteiger partial charge in [-0.1, -0.05) is 48.5 Å². The first-order valence-corrected chi connectivity index (χ1v) is 9.12. The molecule has 0 heterocycles. The Kier molecular flexibility index (Phi) is 6.79. The van der Waals surface area contributed by atoms with Gasteiger partial charge in [-0.2, -0.15) is 0 Å². The molecule has 0 saturated carbocycles. The second-order valence-corrected chi connectivity index (χ2v) is 6.25. The van der Waals surface area contributed by atoms with Crippen molar-refractivity contribution in [2.24, 2.45) is 0 Å². The van der Waals surface area contributed by atoms with Crippen LogP contribution in [-0.2, 0) is 16.1 Å². The number of nitrogens with one attached hydrogen (secondary N) is 2. The van der Waals surface area contributed by atoms with Gasteiger partial charge in [0.05, 0.1) is 0 Å². The summed E-state index contributed by atoms with van der Waals surface area (Å²) in [5.74, 6) is 1.09. The Balaban J connectivity index is 1.40. The molecule has 0 bridgehead atoms.